The zero-order valence-electron chi connectivity index (χ0n) is 10.5. The van der Waals surface area contributed by atoms with Gasteiger partial charge >= 0.3 is 5.97 Å². The predicted octanol–water partition coefficient (Wildman–Crippen LogP) is 3.64. The van der Waals surface area contributed by atoms with E-state index < -0.39 is 0 Å². The minimum Gasteiger partial charge on any atom is -0.463 e. The van der Waals surface area contributed by atoms with Crippen molar-refractivity contribution in [3.05, 3.63) is 26.9 Å². The first-order chi connectivity index (χ1) is 9.49. The molecule has 0 aliphatic carbocycles. The maximum atomic E-state index is 10.6. The molecule has 0 aliphatic heterocycles. The molecule has 0 saturated heterocycles. The van der Waals surface area contributed by atoms with Gasteiger partial charge in [0.2, 0.25) is 0 Å². The minimum absolute atomic E-state index is 0.209. The Bertz CT molecular complexity index is 645. The zero-order chi connectivity index (χ0) is 14.7. The van der Waals surface area contributed by atoms with Gasteiger partial charge in [-0.2, -0.15) is 0 Å². The average molecular weight is 382 g/mol. The van der Waals surface area contributed by atoms with Crippen molar-refractivity contribution in [2.45, 2.75) is 13.7 Å². The fraction of sp³-hybridized carbons (Fsp3) is 0.333. The van der Waals surface area contributed by atoms with E-state index >= 15 is 0 Å². The first-order valence-corrected chi connectivity index (χ1v) is 7.26. The van der Waals surface area contributed by atoms with Gasteiger partial charge < -0.3 is 9.47 Å². The Morgan fingerprint density at radius 1 is 1.40 bits per heavy atom. The van der Waals surface area contributed by atoms with Crippen molar-refractivity contribution in [1.82, 2.24) is 9.55 Å². The van der Waals surface area contributed by atoms with Crippen LogP contribution in [0.3, 0.4) is 0 Å². The topological polar surface area (TPSA) is 53.4 Å². The van der Waals surface area contributed by atoms with Crippen LogP contribution in [0.4, 0.5) is 0 Å². The number of imidazole rings is 1. The van der Waals surface area contributed by atoms with Crippen molar-refractivity contribution in [2.24, 2.45) is 0 Å². The number of nitrogens with zero attached hydrogens (tertiary/aromatic N) is 2. The van der Waals surface area contributed by atoms with Gasteiger partial charge in [-0.3, -0.25) is 9.36 Å². The Balaban J connectivity index is 2.10. The van der Waals surface area contributed by atoms with Crippen LogP contribution in [0.1, 0.15) is 6.92 Å². The van der Waals surface area contributed by atoms with E-state index in [0.29, 0.717) is 26.9 Å². The molecule has 0 amide bonds. The van der Waals surface area contributed by atoms with Crippen molar-refractivity contribution >= 4 is 56.1 Å². The summed E-state index contributed by atoms with van der Waals surface area (Å²) in [5, 5.41) is 1.00. The second-order valence-electron chi connectivity index (χ2n) is 3.94. The van der Waals surface area contributed by atoms with E-state index in [4.69, 9.17) is 32.7 Å². The maximum absolute atomic E-state index is 10.6. The van der Waals surface area contributed by atoms with Crippen molar-refractivity contribution < 1.29 is 14.3 Å². The number of ether oxygens (including phenoxy) is 2. The van der Waals surface area contributed by atoms with Crippen LogP contribution >= 0.6 is 39.1 Å². The summed E-state index contributed by atoms with van der Waals surface area (Å²) in [5.41, 5.74) is 1.41. The van der Waals surface area contributed by atoms with Crippen LogP contribution in [-0.4, -0.2) is 28.7 Å². The van der Waals surface area contributed by atoms with E-state index in [1.54, 1.807) is 16.7 Å². The minimum atomic E-state index is -0.332. The van der Waals surface area contributed by atoms with Gasteiger partial charge in [0, 0.05) is 11.9 Å². The van der Waals surface area contributed by atoms with E-state index in [1.165, 1.54) is 6.92 Å². The van der Waals surface area contributed by atoms with Gasteiger partial charge in [0.1, 0.15) is 18.9 Å². The molecule has 1 aromatic carbocycles. The molecule has 1 heterocycles. The Morgan fingerprint density at radius 3 is 2.85 bits per heavy atom. The van der Waals surface area contributed by atoms with Crippen LogP contribution in [0.2, 0.25) is 10.0 Å². The number of carbonyl (C=O) groups excluding carboxylic acids is 1. The number of halogens is 3. The summed E-state index contributed by atoms with van der Waals surface area (Å²) in [6, 6.07) is 3.40. The molecular formula is C12H11BrCl2N2O3. The monoisotopic (exact) mass is 380 g/mol. The summed E-state index contributed by atoms with van der Waals surface area (Å²) >= 11 is 15.4. The molecule has 0 radical (unpaired) electrons. The third-order valence-corrected chi connectivity index (χ3v) is 3.59. The molecule has 2 aromatic rings. The third-order valence-electron chi connectivity index (χ3n) is 2.48. The summed E-state index contributed by atoms with van der Waals surface area (Å²) in [6.07, 6.45) is 0. The molecule has 1 aromatic heterocycles. The van der Waals surface area contributed by atoms with Crippen molar-refractivity contribution in [3.8, 4) is 0 Å². The molecule has 0 spiro atoms. The summed E-state index contributed by atoms with van der Waals surface area (Å²) in [4.78, 5) is 14.9. The normalized spacial score (nSPS) is 11.0. The number of hydrogen-bond donors (Lipinski definition) is 0. The molecule has 2 rings (SSSR count). The molecule has 0 atom stereocenters. The lowest BCUT2D eigenvalue weighted by Gasteiger charge is -2.08. The van der Waals surface area contributed by atoms with Crippen LogP contribution in [-0.2, 0) is 21.0 Å². The Labute approximate surface area is 133 Å². The molecule has 0 N–H and O–H groups in total. The van der Waals surface area contributed by atoms with Gasteiger partial charge in [-0.25, -0.2) is 4.98 Å². The number of esters is 1. The largest absolute Gasteiger partial charge is 0.463 e. The number of hydrogen-bond acceptors (Lipinski definition) is 4. The predicted molar refractivity (Wildman–Crippen MR) is 80.0 cm³/mol. The Kier molecular flexibility index (Phi) is 5.26. The van der Waals surface area contributed by atoms with Crippen LogP contribution < -0.4 is 0 Å². The summed E-state index contributed by atoms with van der Waals surface area (Å²) in [7, 11) is 0. The van der Waals surface area contributed by atoms with E-state index in [9.17, 15) is 4.79 Å². The van der Waals surface area contributed by atoms with Crippen molar-refractivity contribution in [2.75, 3.05) is 13.2 Å². The lowest BCUT2D eigenvalue weighted by Crippen LogP contribution is -2.10. The Hall–Kier alpha value is -0.820. The Morgan fingerprint density at radius 2 is 2.15 bits per heavy atom. The van der Waals surface area contributed by atoms with Gasteiger partial charge in [0.15, 0.2) is 4.73 Å². The molecule has 20 heavy (non-hydrogen) atoms. The molecule has 0 aliphatic rings. The maximum Gasteiger partial charge on any atom is 0.302 e. The first-order valence-electron chi connectivity index (χ1n) is 5.71. The summed E-state index contributed by atoms with van der Waals surface area (Å²) < 4.78 is 12.6. The van der Waals surface area contributed by atoms with E-state index in [0.717, 1.165) is 5.52 Å². The van der Waals surface area contributed by atoms with Gasteiger partial charge in [0.25, 0.3) is 0 Å². The average Bonchev–Trinajstić information content (AvgIpc) is 2.66. The highest BCUT2D eigenvalue weighted by atomic mass is 79.9. The quantitative estimate of drug-likeness (QED) is 0.586. The van der Waals surface area contributed by atoms with Gasteiger partial charge in [-0.1, -0.05) is 23.2 Å². The fourth-order valence-corrected chi connectivity index (χ4v) is 2.64. The second kappa shape index (κ2) is 6.76. The van der Waals surface area contributed by atoms with Crippen molar-refractivity contribution in [1.29, 1.82) is 0 Å². The van der Waals surface area contributed by atoms with Crippen LogP contribution in [0.15, 0.2) is 16.9 Å². The van der Waals surface area contributed by atoms with Gasteiger partial charge in [-0.05, 0) is 28.1 Å². The van der Waals surface area contributed by atoms with E-state index in [-0.39, 0.29) is 19.3 Å². The van der Waals surface area contributed by atoms with Crippen LogP contribution in [0.25, 0.3) is 11.0 Å². The number of rotatable bonds is 5. The highest BCUT2D eigenvalue weighted by molar-refractivity contribution is 9.10. The molecule has 0 fully saturated rings. The zero-order valence-corrected chi connectivity index (χ0v) is 13.6. The molecule has 8 heteroatoms. The third kappa shape index (κ3) is 3.63. The molecule has 0 bridgehead atoms. The van der Waals surface area contributed by atoms with Gasteiger partial charge in [-0.15, -0.1) is 0 Å². The SMILES string of the molecule is CC(=O)OCCOCn1c(Br)nc2c(Cl)cc(Cl)cc21. The van der Waals surface area contributed by atoms with E-state index in [1.807, 2.05) is 0 Å². The standard InChI is InChI=1S/C12H11BrCl2N2O3/c1-7(18)20-3-2-19-6-17-10-5-8(14)4-9(15)11(10)16-12(17)13/h4-5H,2-3,6H2,1H3. The number of benzene rings is 1. The molecular weight excluding hydrogens is 371 g/mol. The smallest absolute Gasteiger partial charge is 0.302 e. The number of fused-ring (bicyclic) bond motifs is 1. The second-order valence-corrected chi connectivity index (χ2v) is 5.49. The van der Waals surface area contributed by atoms with E-state index in [2.05, 4.69) is 20.9 Å². The van der Waals surface area contributed by atoms with Gasteiger partial charge in [0.05, 0.1) is 17.1 Å². The summed E-state index contributed by atoms with van der Waals surface area (Å²) in [6.45, 7) is 2.10. The highest BCUT2D eigenvalue weighted by Gasteiger charge is 2.12. The number of aromatic nitrogens is 2. The highest BCUT2D eigenvalue weighted by Crippen LogP contribution is 2.29. The molecule has 0 unspecified atom stereocenters. The molecule has 5 nitrogen and oxygen atoms in total. The summed E-state index contributed by atoms with van der Waals surface area (Å²) in [5.74, 6) is -0.332. The molecule has 108 valence electrons. The van der Waals surface area contributed by atoms with Crippen LogP contribution in [0, 0.1) is 0 Å². The molecule has 0 saturated carbocycles. The lowest BCUT2D eigenvalue weighted by atomic mass is 10.3. The first kappa shape index (κ1) is 15.6. The fourth-order valence-electron chi connectivity index (χ4n) is 1.64. The van der Waals surface area contributed by atoms with Crippen LogP contribution in [0.5, 0.6) is 0 Å². The van der Waals surface area contributed by atoms with Crippen molar-refractivity contribution in [3.63, 3.8) is 0 Å². The number of carbonyl (C=O) groups is 1. The lowest BCUT2D eigenvalue weighted by molar-refractivity contribution is -0.142.